The van der Waals surface area contributed by atoms with Crippen LogP contribution in [0.25, 0.3) is 0 Å². The molecule has 166 valence electrons. The molecule has 0 amide bonds. The number of phenolic OH excluding ortho intramolecular Hbond substituents is 2. The van der Waals surface area contributed by atoms with E-state index in [9.17, 15) is 50.7 Å². The van der Waals surface area contributed by atoms with Crippen LogP contribution in [0, 0.1) is 47.4 Å². The zero-order chi connectivity index (χ0) is 24.3. The normalized spacial score (nSPS) is 10.6. The van der Waals surface area contributed by atoms with Gasteiger partial charge in [-0.3, -0.25) is 40.5 Å². The van der Waals surface area contributed by atoms with Crippen molar-refractivity contribution in [1.82, 2.24) is 0 Å². The zero-order valence-electron chi connectivity index (χ0n) is 16.8. The fraction of sp³-hybridized carbons (Fsp3) is 0.294. The van der Waals surface area contributed by atoms with Crippen molar-refractivity contribution in [3.05, 3.63) is 75.8 Å². The average Bonchev–Trinajstić information content (AvgIpc) is 2.62. The molecule has 31 heavy (non-hydrogen) atoms. The number of hydrogen-bond acceptors (Lipinski definition) is 10. The van der Waals surface area contributed by atoms with Crippen LogP contribution in [0.5, 0.6) is 11.5 Å². The smallest absolute Gasteiger partial charge is 0.317 e. The van der Waals surface area contributed by atoms with Crippen LogP contribution in [-0.4, -0.2) is 29.9 Å². The summed E-state index contributed by atoms with van der Waals surface area (Å²) in [5.74, 6) is -1.06. The van der Waals surface area contributed by atoms with Crippen LogP contribution in [-0.2, 0) is 5.41 Å². The van der Waals surface area contributed by atoms with Crippen molar-refractivity contribution in [2.24, 2.45) is 0 Å². The van der Waals surface area contributed by atoms with Crippen LogP contribution < -0.4 is 0 Å². The summed E-state index contributed by atoms with van der Waals surface area (Å²) in [7, 11) is 0. The summed E-state index contributed by atoms with van der Waals surface area (Å²) in [5.41, 5.74) is -2.46. The van der Waals surface area contributed by atoms with Crippen LogP contribution in [0.15, 0.2) is 24.3 Å². The monoisotopic (exact) mass is 438 g/mol. The molecule has 0 atom stereocenters. The van der Waals surface area contributed by atoms with Crippen molar-refractivity contribution in [2.75, 3.05) is 0 Å². The highest BCUT2D eigenvalue weighted by Gasteiger charge is 2.29. The Morgan fingerprint density at radius 2 is 1.06 bits per heavy atom. The summed E-state index contributed by atoms with van der Waals surface area (Å²) in [5, 5.41) is 61.0. The first kappa shape index (κ1) is 24.7. The molecule has 0 aliphatic rings. The van der Waals surface area contributed by atoms with Gasteiger partial charge in [-0.05, 0) is 12.3 Å². The van der Waals surface area contributed by atoms with Gasteiger partial charge in [0.15, 0.2) is 11.5 Å². The minimum atomic E-state index is -0.866. The molecule has 0 aromatic heterocycles. The number of hydrogen-bond donors (Lipinski definition) is 2. The molecule has 0 radical (unpaired) electrons. The molecule has 0 saturated carbocycles. The van der Waals surface area contributed by atoms with E-state index >= 15 is 0 Å². The molecule has 14 nitrogen and oxygen atoms in total. The summed E-state index contributed by atoms with van der Waals surface area (Å²) in [6.07, 6.45) is 0. The molecule has 0 fully saturated rings. The molecular weight excluding hydrogens is 420 g/mol. The second kappa shape index (κ2) is 8.98. The number of nitro groups is 4. The van der Waals surface area contributed by atoms with E-state index in [1.54, 1.807) is 20.8 Å². The van der Waals surface area contributed by atoms with Crippen LogP contribution in [0.1, 0.15) is 31.9 Å². The van der Waals surface area contributed by atoms with E-state index in [0.717, 1.165) is 24.3 Å². The van der Waals surface area contributed by atoms with Crippen molar-refractivity contribution in [3.63, 3.8) is 0 Å². The SMILES string of the molecule is CC(C)(C)c1cc([N+](=O)[O-])cc([N+](=O)[O-])c1O.Cc1cc([N+](=O)[O-])cc([N+](=O)[O-])c1O. The van der Waals surface area contributed by atoms with Crippen LogP contribution in [0.2, 0.25) is 0 Å². The summed E-state index contributed by atoms with van der Waals surface area (Å²) < 4.78 is 0. The van der Waals surface area contributed by atoms with Crippen molar-refractivity contribution in [2.45, 2.75) is 33.1 Å². The first-order valence-electron chi connectivity index (χ1n) is 8.36. The van der Waals surface area contributed by atoms with E-state index in [-0.39, 0.29) is 11.1 Å². The third-order valence-electron chi connectivity index (χ3n) is 3.96. The predicted molar refractivity (Wildman–Crippen MR) is 106 cm³/mol. The van der Waals surface area contributed by atoms with E-state index in [2.05, 4.69) is 0 Å². The maximum absolute atomic E-state index is 10.7. The fourth-order valence-corrected chi connectivity index (χ4v) is 2.41. The Balaban J connectivity index is 0.000000316. The predicted octanol–water partition coefficient (Wildman–Crippen LogP) is 4.02. The molecule has 0 bridgehead atoms. The van der Waals surface area contributed by atoms with E-state index in [1.807, 2.05) is 0 Å². The van der Waals surface area contributed by atoms with Gasteiger partial charge in [-0.2, -0.15) is 0 Å². The van der Waals surface area contributed by atoms with Gasteiger partial charge in [0.1, 0.15) is 0 Å². The Labute approximate surface area is 174 Å². The molecule has 0 aliphatic heterocycles. The van der Waals surface area contributed by atoms with Crippen molar-refractivity contribution >= 4 is 22.7 Å². The zero-order valence-corrected chi connectivity index (χ0v) is 16.8. The summed E-state index contributed by atoms with van der Waals surface area (Å²) >= 11 is 0. The number of rotatable bonds is 4. The first-order chi connectivity index (χ1) is 14.1. The molecule has 0 saturated heterocycles. The van der Waals surface area contributed by atoms with Gasteiger partial charge in [0.2, 0.25) is 0 Å². The largest absolute Gasteiger partial charge is 0.502 e. The minimum Gasteiger partial charge on any atom is -0.502 e. The minimum absolute atomic E-state index is 0.103. The second-order valence-electron chi connectivity index (χ2n) is 7.27. The van der Waals surface area contributed by atoms with Gasteiger partial charge in [-0.25, -0.2) is 0 Å². The second-order valence-corrected chi connectivity index (χ2v) is 7.27. The maximum atomic E-state index is 10.7. The van der Waals surface area contributed by atoms with Crippen LogP contribution in [0.4, 0.5) is 22.7 Å². The molecule has 2 rings (SSSR count). The molecule has 2 aromatic carbocycles. The number of benzene rings is 2. The fourth-order valence-electron chi connectivity index (χ4n) is 2.41. The van der Waals surface area contributed by atoms with Crippen molar-refractivity contribution in [1.29, 1.82) is 0 Å². The lowest BCUT2D eigenvalue weighted by atomic mass is 9.85. The lowest BCUT2D eigenvalue weighted by Gasteiger charge is -2.19. The van der Waals surface area contributed by atoms with Gasteiger partial charge >= 0.3 is 11.4 Å². The Bertz CT molecular complexity index is 1080. The lowest BCUT2D eigenvalue weighted by Crippen LogP contribution is -2.12. The number of phenols is 2. The number of non-ortho nitro benzene ring substituents is 2. The van der Waals surface area contributed by atoms with Gasteiger partial charge in [0.25, 0.3) is 11.4 Å². The number of nitro benzene ring substituents is 4. The highest BCUT2D eigenvalue weighted by molar-refractivity contribution is 5.59. The molecule has 0 heterocycles. The Kier molecular flexibility index (Phi) is 7.15. The standard InChI is InChI=1S/C10H12N2O5.C7H6N2O5/c1-10(2,3)7-4-6(11(14)15)5-8(9(7)13)12(16)17;1-4-2-5(8(11)12)3-6(7(4)10)9(13)14/h4-5,13H,1-3H3;2-3,10H,1H3. The third-order valence-corrected chi connectivity index (χ3v) is 3.96. The van der Waals surface area contributed by atoms with Gasteiger partial charge in [-0.1, -0.05) is 20.8 Å². The lowest BCUT2D eigenvalue weighted by molar-refractivity contribution is -0.395. The topological polar surface area (TPSA) is 213 Å². The third kappa shape index (κ3) is 5.81. The summed E-state index contributed by atoms with van der Waals surface area (Å²) in [6.45, 7) is 6.47. The van der Waals surface area contributed by atoms with E-state index in [1.165, 1.54) is 6.92 Å². The van der Waals surface area contributed by atoms with Crippen LogP contribution in [0.3, 0.4) is 0 Å². The summed E-state index contributed by atoms with van der Waals surface area (Å²) in [6, 6.07) is 3.71. The number of nitrogens with zero attached hydrogens (tertiary/aromatic N) is 4. The number of aryl methyl sites for hydroxylation is 1. The van der Waals surface area contributed by atoms with Gasteiger partial charge in [-0.15, -0.1) is 0 Å². The Hall–Kier alpha value is -4.36. The maximum Gasteiger partial charge on any atom is 0.317 e. The first-order valence-corrected chi connectivity index (χ1v) is 8.36. The molecule has 0 spiro atoms. The quantitative estimate of drug-likeness (QED) is 0.516. The van der Waals surface area contributed by atoms with Gasteiger partial charge < -0.3 is 10.2 Å². The Morgan fingerprint density at radius 3 is 1.42 bits per heavy atom. The van der Waals surface area contributed by atoms with Gasteiger partial charge in [0, 0.05) is 23.3 Å². The van der Waals surface area contributed by atoms with Crippen molar-refractivity contribution in [3.8, 4) is 11.5 Å². The van der Waals surface area contributed by atoms with Crippen molar-refractivity contribution < 1.29 is 29.9 Å². The van der Waals surface area contributed by atoms with Crippen LogP contribution >= 0.6 is 0 Å². The van der Waals surface area contributed by atoms with E-state index in [0.29, 0.717) is 0 Å². The van der Waals surface area contributed by atoms with Gasteiger partial charge in [0.05, 0.1) is 31.8 Å². The molecule has 0 aliphatic carbocycles. The Morgan fingerprint density at radius 1 is 0.677 bits per heavy atom. The molecular formula is C17H18N4O10. The van der Waals surface area contributed by atoms with E-state index in [4.69, 9.17) is 0 Å². The number of aromatic hydroxyl groups is 2. The highest BCUT2D eigenvalue weighted by atomic mass is 16.6. The summed E-state index contributed by atoms with van der Waals surface area (Å²) in [4.78, 5) is 38.9. The average molecular weight is 438 g/mol. The molecule has 2 aromatic rings. The molecule has 0 unspecified atom stereocenters. The highest BCUT2D eigenvalue weighted by Crippen LogP contribution is 2.40. The molecule has 2 N–H and O–H groups in total. The molecule has 14 heteroatoms. The van der Waals surface area contributed by atoms with E-state index < -0.39 is 59.4 Å².